The lowest BCUT2D eigenvalue weighted by Crippen LogP contribution is -2.60. The van der Waals surface area contributed by atoms with Crippen molar-refractivity contribution in [2.75, 3.05) is 45.8 Å². The highest BCUT2D eigenvalue weighted by Crippen LogP contribution is 2.46. The van der Waals surface area contributed by atoms with Gasteiger partial charge in [-0.1, -0.05) is 46.4 Å². The van der Waals surface area contributed by atoms with E-state index in [0.717, 1.165) is 44.0 Å². The number of carbonyl (C=O) groups is 3. The number of fused-ring (bicyclic) bond motifs is 5. The molecule has 1 aromatic heterocycles. The fraction of sp³-hybridized carbons (Fsp3) is 0.614. The number of methoxy groups -OCH3 is 1. The monoisotopic (exact) mass is 816 g/mol. The van der Waals surface area contributed by atoms with Gasteiger partial charge in [-0.25, -0.2) is 5.43 Å². The molecule has 2 aromatic rings. The largest absolute Gasteiger partial charge is 0.464 e. The zero-order valence-corrected chi connectivity index (χ0v) is 35.9. The van der Waals surface area contributed by atoms with Crippen LogP contribution in [0.5, 0.6) is 0 Å². The number of rotatable bonds is 11. The van der Waals surface area contributed by atoms with Gasteiger partial charge >= 0.3 is 5.97 Å². The number of aromatic nitrogens is 1. The van der Waals surface area contributed by atoms with Crippen molar-refractivity contribution in [1.29, 1.82) is 0 Å². The number of nitrogens with one attached hydrogen (secondary N) is 2. The van der Waals surface area contributed by atoms with Gasteiger partial charge in [0.2, 0.25) is 5.91 Å². The number of hydrogen-bond acceptors (Lipinski definition) is 11. The van der Waals surface area contributed by atoms with Crippen LogP contribution in [-0.4, -0.2) is 109 Å². The third-order valence-electron chi connectivity index (χ3n) is 12.4. The summed E-state index contributed by atoms with van der Waals surface area (Å²) in [7, 11) is 1.68. The lowest BCUT2D eigenvalue weighted by molar-refractivity contribution is -0.155. The minimum Gasteiger partial charge on any atom is -0.464 e. The zero-order valence-electron chi connectivity index (χ0n) is 35.0. The lowest BCUT2D eigenvalue weighted by Gasteiger charge is -2.35. The standard InChI is InChI=1S/C44H60N6O7S/c1-9-30(39(45-10-2)27(5)54-8)40-32-20-44(6,7)24-57-43(53)33-12-11-15-50(48-33)42(52)34(47-41(51)38-25(3)26(38)4)19-37-46-35(23-58-37)28-13-14-36(31(32)18-28)49(40)16-17-56-29-21-55-22-29/h9-10,13-14,18,25-27,29,33-35,38,48H,1,11-12,15-17,19-24H2,2-8H3,(H,47,51)/b39-30+,45-10?/t25-,26+,27-,33-,34-,35?,38?/m0/s1. The fourth-order valence-electron chi connectivity index (χ4n) is 8.64. The van der Waals surface area contributed by atoms with Crippen molar-refractivity contribution in [2.45, 2.75) is 104 Å². The van der Waals surface area contributed by atoms with Gasteiger partial charge in [-0.15, -0.1) is 11.8 Å². The number of aliphatic imine (C=N–C) groups is 2. The molecular weight excluding hydrogens is 757 g/mol. The molecule has 14 heteroatoms. The van der Waals surface area contributed by atoms with E-state index in [4.69, 9.17) is 28.9 Å². The molecule has 1 aliphatic carbocycles. The number of carbonyl (C=O) groups excluding carboxylic acids is 3. The molecule has 2 N–H and O–H groups in total. The molecule has 0 spiro atoms. The van der Waals surface area contributed by atoms with E-state index in [1.165, 1.54) is 5.01 Å². The van der Waals surface area contributed by atoms with E-state index in [1.54, 1.807) is 25.1 Å². The van der Waals surface area contributed by atoms with Crippen LogP contribution in [0.15, 0.2) is 46.5 Å². The predicted octanol–water partition coefficient (Wildman–Crippen LogP) is 5.66. The zero-order chi connectivity index (χ0) is 41.3. The Balaban J connectivity index is 1.35. The molecule has 4 aliphatic heterocycles. The van der Waals surface area contributed by atoms with Gasteiger partial charge in [0.15, 0.2) is 0 Å². The van der Waals surface area contributed by atoms with E-state index in [0.29, 0.717) is 57.9 Å². The Hall–Kier alpha value is -3.82. The average Bonchev–Trinajstić information content (AvgIpc) is 3.45. The van der Waals surface area contributed by atoms with E-state index in [2.05, 4.69) is 67.8 Å². The highest BCUT2D eigenvalue weighted by molar-refractivity contribution is 8.14. The van der Waals surface area contributed by atoms with Crippen LogP contribution in [0.1, 0.15) is 83.7 Å². The first kappa shape index (κ1) is 42.3. The summed E-state index contributed by atoms with van der Waals surface area (Å²) in [6, 6.07) is 4.90. The van der Waals surface area contributed by atoms with Crippen LogP contribution in [0, 0.1) is 23.2 Å². The Morgan fingerprint density at radius 1 is 1.24 bits per heavy atom. The van der Waals surface area contributed by atoms with E-state index in [1.807, 2.05) is 19.9 Å². The molecule has 7 rings (SSSR count). The smallest absolute Gasteiger partial charge is 0.324 e. The minimum absolute atomic E-state index is 0.0749. The van der Waals surface area contributed by atoms with Crippen molar-refractivity contribution in [3.05, 3.63) is 53.4 Å². The average molecular weight is 817 g/mol. The summed E-state index contributed by atoms with van der Waals surface area (Å²) in [5.74, 6) is 0.331. The molecule has 0 radical (unpaired) electrons. The molecule has 2 unspecified atom stereocenters. The Labute approximate surface area is 346 Å². The van der Waals surface area contributed by atoms with Crippen LogP contribution in [0.2, 0.25) is 0 Å². The quantitative estimate of drug-likeness (QED) is 0.167. The Bertz CT molecular complexity index is 1990. The molecule has 13 nitrogen and oxygen atoms in total. The number of thioether (sulfide) groups is 1. The highest BCUT2D eigenvalue weighted by atomic mass is 32.2. The Morgan fingerprint density at radius 2 is 2.02 bits per heavy atom. The molecule has 1 aromatic carbocycles. The number of cyclic esters (lactones) is 1. The number of benzene rings is 1. The van der Waals surface area contributed by atoms with Crippen LogP contribution < -0.4 is 10.7 Å². The second-order valence-corrected chi connectivity index (χ2v) is 18.3. The Morgan fingerprint density at radius 3 is 2.69 bits per heavy atom. The molecule has 5 heterocycles. The first-order valence-corrected chi connectivity index (χ1v) is 21.8. The van der Waals surface area contributed by atoms with Crippen LogP contribution in [0.25, 0.3) is 16.5 Å². The molecule has 6 bridgehead atoms. The molecular formula is C44H60N6O7S. The maximum Gasteiger partial charge on any atom is 0.324 e. The van der Waals surface area contributed by atoms with Crippen molar-refractivity contribution in [2.24, 2.45) is 33.2 Å². The van der Waals surface area contributed by atoms with Gasteiger partial charge in [0, 0.05) is 66.4 Å². The topological polar surface area (TPSA) is 145 Å². The number of esters is 1. The molecule has 2 amide bonds. The van der Waals surface area contributed by atoms with Gasteiger partial charge in [0.05, 0.1) is 55.0 Å². The van der Waals surface area contributed by atoms with Crippen molar-refractivity contribution in [1.82, 2.24) is 20.3 Å². The van der Waals surface area contributed by atoms with E-state index in [-0.39, 0.29) is 60.8 Å². The summed E-state index contributed by atoms with van der Waals surface area (Å²) in [6.07, 6.45) is 5.39. The van der Waals surface area contributed by atoms with Crippen molar-refractivity contribution < 1.29 is 33.3 Å². The van der Waals surface area contributed by atoms with E-state index in [9.17, 15) is 14.4 Å². The summed E-state index contributed by atoms with van der Waals surface area (Å²) in [5.41, 5.74) is 8.43. The summed E-state index contributed by atoms with van der Waals surface area (Å²) in [6.45, 7) is 19.4. The normalized spacial score (nSPS) is 28.7. The van der Waals surface area contributed by atoms with Gasteiger partial charge in [-0.05, 0) is 68.2 Å². The number of hydrogen-bond donors (Lipinski definition) is 2. The van der Waals surface area contributed by atoms with Crippen LogP contribution in [0.4, 0.5) is 0 Å². The van der Waals surface area contributed by atoms with Crippen LogP contribution in [-0.2, 0) is 46.3 Å². The molecule has 7 atom stereocenters. The number of allylic oxidation sites excluding steroid dienone is 2. The van der Waals surface area contributed by atoms with Crippen molar-refractivity contribution in [3.63, 3.8) is 0 Å². The van der Waals surface area contributed by atoms with Crippen molar-refractivity contribution in [3.8, 4) is 0 Å². The summed E-state index contributed by atoms with van der Waals surface area (Å²) >= 11 is 1.63. The summed E-state index contributed by atoms with van der Waals surface area (Å²) in [4.78, 5) is 51.5. The van der Waals surface area contributed by atoms with Crippen molar-refractivity contribution >= 4 is 57.3 Å². The second-order valence-electron chi connectivity index (χ2n) is 17.2. The van der Waals surface area contributed by atoms with Gasteiger partial charge in [0.1, 0.15) is 18.2 Å². The van der Waals surface area contributed by atoms with Gasteiger partial charge in [-0.3, -0.25) is 29.4 Å². The maximum atomic E-state index is 14.2. The van der Waals surface area contributed by atoms with Gasteiger partial charge in [0.25, 0.3) is 5.91 Å². The number of nitrogens with zero attached hydrogens (tertiary/aromatic N) is 4. The second kappa shape index (κ2) is 17.8. The maximum absolute atomic E-state index is 14.2. The molecule has 58 heavy (non-hydrogen) atoms. The number of amides is 2. The fourth-order valence-corrected chi connectivity index (χ4v) is 9.75. The predicted molar refractivity (Wildman–Crippen MR) is 228 cm³/mol. The number of hydrazine groups is 1. The minimum atomic E-state index is -0.824. The lowest BCUT2D eigenvalue weighted by atomic mass is 9.84. The molecule has 5 aliphatic rings. The summed E-state index contributed by atoms with van der Waals surface area (Å²) < 4.78 is 25.9. The highest BCUT2D eigenvalue weighted by Gasteiger charge is 2.49. The van der Waals surface area contributed by atoms with Crippen LogP contribution in [0.3, 0.4) is 0 Å². The van der Waals surface area contributed by atoms with Gasteiger partial charge in [-0.2, -0.15) is 0 Å². The van der Waals surface area contributed by atoms with Crippen LogP contribution >= 0.6 is 11.8 Å². The third-order valence-corrected chi connectivity index (χ3v) is 13.5. The molecule has 314 valence electrons. The summed E-state index contributed by atoms with van der Waals surface area (Å²) in [5, 5.41) is 6.48. The third kappa shape index (κ3) is 8.86. The van der Waals surface area contributed by atoms with E-state index >= 15 is 0 Å². The molecule has 1 saturated carbocycles. The Kier molecular flexibility index (Phi) is 13.0. The first-order valence-electron chi connectivity index (χ1n) is 20.8. The SMILES string of the molecule is C=C/C(=C(\N=CC)[C@H](C)OC)c1c2c3cc(ccc3n1CCOC1COC1)C1CSC(=N1)C[C@H](NC(=O)C1[C@@H](C)[C@H]1C)C(=O)N1CCC[C@H](N1)C(=O)OCC(C)(C)C2. The first-order chi connectivity index (χ1) is 27.8. The van der Waals surface area contributed by atoms with E-state index < -0.39 is 23.5 Å². The van der Waals surface area contributed by atoms with Gasteiger partial charge < -0.3 is 28.8 Å². The molecule has 3 fully saturated rings. The molecule has 2 saturated heterocycles. The number of ether oxygens (including phenoxy) is 4.